The van der Waals surface area contributed by atoms with E-state index in [-0.39, 0.29) is 11.5 Å². The fraction of sp³-hybridized carbons (Fsp3) is 0.333. The molecule has 0 aliphatic carbocycles. The molecule has 0 amide bonds. The molecule has 0 atom stereocenters. The van der Waals surface area contributed by atoms with Crippen molar-refractivity contribution in [2.45, 2.75) is 12.8 Å². The third kappa shape index (κ3) is 2.78. The molecule has 1 aromatic carbocycles. The number of aryl methyl sites for hydroxylation is 1. The molecule has 0 fully saturated rings. The summed E-state index contributed by atoms with van der Waals surface area (Å²) in [5, 5.41) is 25.5. The van der Waals surface area contributed by atoms with Gasteiger partial charge in [-0.05, 0) is 38.2 Å². The molecule has 2 rings (SSSR count). The lowest BCUT2D eigenvalue weighted by atomic mass is 10.2. The Morgan fingerprint density at radius 2 is 2.11 bits per heavy atom. The van der Waals surface area contributed by atoms with Crippen molar-refractivity contribution in [3.63, 3.8) is 0 Å². The largest absolute Gasteiger partial charge is 0.504 e. The van der Waals surface area contributed by atoms with E-state index in [0.717, 1.165) is 13.0 Å². The van der Waals surface area contributed by atoms with Gasteiger partial charge in [0.2, 0.25) is 11.7 Å². The molecular formula is C12H15N3O3. The van der Waals surface area contributed by atoms with E-state index in [4.69, 9.17) is 4.52 Å². The summed E-state index contributed by atoms with van der Waals surface area (Å²) in [6, 6.07) is 4.41. The first-order valence-electron chi connectivity index (χ1n) is 5.70. The van der Waals surface area contributed by atoms with Gasteiger partial charge in [-0.15, -0.1) is 0 Å². The zero-order valence-corrected chi connectivity index (χ0v) is 10.1. The standard InChI is InChI=1S/C12H15N3O3/c1-13-6-2-3-11-14-12(15-18-11)8-4-5-9(16)10(17)7-8/h4-5,7,13,16-17H,2-3,6H2,1H3. The van der Waals surface area contributed by atoms with E-state index in [0.29, 0.717) is 23.7 Å². The van der Waals surface area contributed by atoms with Crippen molar-refractivity contribution >= 4 is 0 Å². The number of nitrogens with one attached hydrogen (secondary N) is 1. The van der Waals surface area contributed by atoms with Crippen LogP contribution in [0.15, 0.2) is 22.7 Å². The monoisotopic (exact) mass is 249 g/mol. The van der Waals surface area contributed by atoms with Crippen molar-refractivity contribution in [3.05, 3.63) is 24.1 Å². The number of benzene rings is 1. The summed E-state index contributed by atoms with van der Waals surface area (Å²) in [7, 11) is 1.89. The first-order valence-corrected chi connectivity index (χ1v) is 5.70. The van der Waals surface area contributed by atoms with Crippen molar-refractivity contribution in [1.82, 2.24) is 15.5 Å². The van der Waals surface area contributed by atoms with Crippen LogP contribution in [0.2, 0.25) is 0 Å². The second-order valence-electron chi connectivity index (χ2n) is 3.92. The van der Waals surface area contributed by atoms with Gasteiger partial charge in [-0.2, -0.15) is 4.98 Å². The number of aromatic hydroxyl groups is 2. The average molecular weight is 249 g/mol. The maximum atomic E-state index is 9.40. The molecule has 18 heavy (non-hydrogen) atoms. The highest BCUT2D eigenvalue weighted by atomic mass is 16.5. The highest BCUT2D eigenvalue weighted by molar-refractivity contribution is 5.59. The molecule has 0 saturated heterocycles. The molecule has 1 heterocycles. The van der Waals surface area contributed by atoms with E-state index < -0.39 is 0 Å². The van der Waals surface area contributed by atoms with Gasteiger partial charge in [0.1, 0.15) is 0 Å². The van der Waals surface area contributed by atoms with E-state index in [1.54, 1.807) is 6.07 Å². The molecule has 6 heteroatoms. The Kier molecular flexibility index (Phi) is 3.78. The van der Waals surface area contributed by atoms with Crippen LogP contribution < -0.4 is 5.32 Å². The van der Waals surface area contributed by atoms with Crippen LogP contribution in [-0.4, -0.2) is 33.9 Å². The molecule has 0 saturated carbocycles. The molecule has 0 aliphatic rings. The zero-order chi connectivity index (χ0) is 13.0. The lowest BCUT2D eigenvalue weighted by Gasteiger charge is -1.98. The summed E-state index contributed by atoms with van der Waals surface area (Å²) in [6.07, 6.45) is 1.62. The van der Waals surface area contributed by atoms with Gasteiger partial charge in [-0.25, -0.2) is 0 Å². The second kappa shape index (κ2) is 5.50. The lowest BCUT2D eigenvalue weighted by molar-refractivity contribution is 0.375. The number of nitrogens with zero attached hydrogens (tertiary/aromatic N) is 2. The van der Waals surface area contributed by atoms with Crippen LogP contribution in [0.25, 0.3) is 11.4 Å². The van der Waals surface area contributed by atoms with Crippen LogP contribution in [0.1, 0.15) is 12.3 Å². The molecule has 96 valence electrons. The van der Waals surface area contributed by atoms with E-state index >= 15 is 0 Å². The van der Waals surface area contributed by atoms with Gasteiger partial charge in [0.05, 0.1) is 0 Å². The number of phenolic OH excluding ortho intramolecular Hbond substituents is 2. The smallest absolute Gasteiger partial charge is 0.227 e. The predicted molar refractivity (Wildman–Crippen MR) is 65.3 cm³/mol. The summed E-state index contributed by atoms with van der Waals surface area (Å²) < 4.78 is 5.10. The fourth-order valence-corrected chi connectivity index (χ4v) is 1.55. The Morgan fingerprint density at radius 3 is 2.83 bits per heavy atom. The van der Waals surface area contributed by atoms with Gasteiger partial charge < -0.3 is 20.1 Å². The van der Waals surface area contributed by atoms with Gasteiger partial charge in [-0.3, -0.25) is 0 Å². The van der Waals surface area contributed by atoms with Gasteiger partial charge in [0, 0.05) is 12.0 Å². The van der Waals surface area contributed by atoms with Gasteiger partial charge >= 0.3 is 0 Å². The highest BCUT2D eigenvalue weighted by Gasteiger charge is 2.10. The summed E-state index contributed by atoms with van der Waals surface area (Å²) in [5.74, 6) is 0.600. The van der Waals surface area contributed by atoms with Crippen LogP contribution in [0.5, 0.6) is 11.5 Å². The minimum atomic E-state index is -0.200. The molecule has 3 N–H and O–H groups in total. The number of rotatable bonds is 5. The fourth-order valence-electron chi connectivity index (χ4n) is 1.55. The number of hydrogen-bond donors (Lipinski definition) is 3. The third-order valence-corrected chi connectivity index (χ3v) is 2.52. The molecule has 0 bridgehead atoms. The highest BCUT2D eigenvalue weighted by Crippen LogP contribution is 2.29. The Morgan fingerprint density at radius 1 is 1.28 bits per heavy atom. The van der Waals surface area contributed by atoms with Gasteiger partial charge in [0.15, 0.2) is 11.5 Å². The third-order valence-electron chi connectivity index (χ3n) is 2.52. The molecule has 1 aromatic heterocycles. The van der Waals surface area contributed by atoms with Gasteiger partial charge in [-0.1, -0.05) is 5.16 Å². The topological polar surface area (TPSA) is 91.4 Å². The zero-order valence-electron chi connectivity index (χ0n) is 10.1. The maximum Gasteiger partial charge on any atom is 0.227 e. The number of phenols is 2. The molecule has 0 unspecified atom stereocenters. The molecular weight excluding hydrogens is 234 g/mol. The summed E-state index contributed by atoms with van der Waals surface area (Å²) >= 11 is 0. The predicted octanol–water partition coefficient (Wildman–Crippen LogP) is 1.30. The molecule has 2 aromatic rings. The first kappa shape index (κ1) is 12.4. The van der Waals surface area contributed by atoms with Crippen molar-refractivity contribution in [3.8, 4) is 22.9 Å². The summed E-state index contributed by atoms with van der Waals surface area (Å²) in [6.45, 7) is 0.887. The molecule has 0 spiro atoms. The lowest BCUT2D eigenvalue weighted by Crippen LogP contribution is -2.08. The van der Waals surface area contributed by atoms with Crippen molar-refractivity contribution in [2.75, 3.05) is 13.6 Å². The summed E-state index contributed by atoms with van der Waals surface area (Å²) in [5.41, 5.74) is 0.605. The quantitative estimate of drug-likeness (QED) is 0.546. The van der Waals surface area contributed by atoms with Crippen molar-refractivity contribution < 1.29 is 14.7 Å². The van der Waals surface area contributed by atoms with Crippen molar-refractivity contribution in [1.29, 1.82) is 0 Å². The van der Waals surface area contributed by atoms with E-state index in [9.17, 15) is 10.2 Å². The Balaban J connectivity index is 2.11. The van der Waals surface area contributed by atoms with Gasteiger partial charge in [0.25, 0.3) is 0 Å². The normalized spacial score (nSPS) is 10.7. The molecule has 6 nitrogen and oxygen atoms in total. The molecule has 0 radical (unpaired) electrons. The van der Waals surface area contributed by atoms with E-state index in [2.05, 4.69) is 15.5 Å². The van der Waals surface area contributed by atoms with E-state index in [1.807, 2.05) is 7.05 Å². The Bertz CT molecular complexity index is 525. The Labute approximate surface area is 104 Å². The molecule has 0 aliphatic heterocycles. The average Bonchev–Trinajstić information content (AvgIpc) is 2.82. The SMILES string of the molecule is CNCCCc1nc(-c2ccc(O)c(O)c2)no1. The van der Waals surface area contributed by atoms with Crippen LogP contribution in [-0.2, 0) is 6.42 Å². The van der Waals surface area contributed by atoms with E-state index in [1.165, 1.54) is 12.1 Å². The van der Waals surface area contributed by atoms with Crippen LogP contribution in [0.4, 0.5) is 0 Å². The summed E-state index contributed by atoms with van der Waals surface area (Å²) in [4.78, 5) is 4.22. The first-order chi connectivity index (χ1) is 8.70. The van der Waals surface area contributed by atoms with Crippen LogP contribution in [0, 0.1) is 0 Å². The maximum absolute atomic E-state index is 9.40. The van der Waals surface area contributed by atoms with Crippen LogP contribution >= 0.6 is 0 Å². The second-order valence-corrected chi connectivity index (χ2v) is 3.92. The number of aromatic nitrogens is 2. The minimum Gasteiger partial charge on any atom is -0.504 e. The minimum absolute atomic E-state index is 0.170. The van der Waals surface area contributed by atoms with Crippen molar-refractivity contribution in [2.24, 2.45) is 0 Å². The van der Waals surface area contributed by atoms with Crippen LogP contribution in [0.3, 0.4) is 0 Å². The Hall–Kier alpha value is -2.08. The number of hydrogen-bond acceptors (Lipinski definition) is 6.